The summed E-state index contributed by atoms with van der Waals surface area (Å²) in [5.74, 6) is 3.25. The van der Waals surface area contributed by atoms with Gasteiger partial charge < -0.3 is 0 Å². The van der Waals surface area contributed by atoms with E-state index in [0.29, 0.717) is 12.2 Å². The van der Waals surface area contributed by atoms with E-state index >= 15 is 0 Å². The molecular weight excluding hydrogens is 363 g/mol. The van der Waals surface area contributed by atoms with Crippen LogP contribution in [0.3, 0.4) is 0 Å². The molecule has 2 nitrogen and oxygen atoms in total. The van der Waals surface area contributed by atoms with Crippen LogP contribution in [0.2, 0.25) is 0 Å². The Morgan fingerprint density at radius 2 is 1.67 bits per heavy atom. The van der Waals surface area contributed by atoms with E-state index in [1.165, 1.54) is 4.46 Å². The molecule has 0 saturated heterocycles. The van der Waals surface area contributed by atoms with Crippen molar-refractivity contribution in [3.63, 3.8) is 0 Å². The fourth-order valence-electron chi connectivity index (χ4n) is 2.31. The molecule has 1 atom stereocenters. The molecule has 0 aliphatic carbocycles. The van der Waals surface area contributed by atoms with E-state index in [1.807, 2.05) is 69.3 Å². The summed E-state index contributed by atoms with van der Waals surface area (Å²) < 4.78 is 7.03. The molecule has 0 aromatic heterocycles. The van der Waals surface area contributed by atoms with E-state index in [1.54, 1.807) is 0 Å². The number of benzene rings is 2. The first-order valence-electron chi connectivity index (χ1n) is 7.99. The summed E-state index contributed by atoms with van der Waals surface area (Å²) in [6.45, 7) is 6.28. The predicted octanol–water partition coefficient (Wildman–Crippen LogP) is 3.29. The van der Waals surface area contributed by atoms with Crippen LogP contribution in [0.1, 0.15) is 31.1 Å². The topological polar surface area (TPSA) is 26.3 Å². The summed E-state index contributed by atoms with van der Waals surface area (Å²) in [6, 6.07) is 19.5. The van der Waals surface area contributed by atoms with Crippen molar-refractivity contribution in [2.45, 2.75) is 26.9 Å². The molecule has 0 radical (unpaired) electrons. The molecule has 0 aliphatic heterocycles. The molecule has 2 rings (SSSR count). The average molecular weight is 385 g/mol. The first-order chi connectivity index (χ1) is 11.6. The van der Waals surface area contributed by atoms with Crippen LogP contribution >= 0.6 is 0 Å². The summed E-state index contributed by atoms with van der Waals surface area (Å²) in [4.78, 5) is 16.1. The van der Waals surface area contributed by atoms with Gasteiger partial charge in [0, 0.05) is 0 Å². The van der Waals surface area contributed by atoms with E-state index in [-0.39, 0.29) is 20.7 Å². The molecule has 0 spiro atoms. The summed E-state index contributed by atoms with van der Waals surface area (Å²) in [7, 11) is 0. The molecule has 124 valence electrons. The zero-order chi connectivity index (χ0) is 17.4. The molecule has 24 heavy (non-hydrogen) atoms. The third-order valence-corrected chi connectivity index (χ3v) is 5.24. The van der Waals surface area contributed by atoms with Gasteiger partial charge in [0.25, 0.3) is 0 Å². The van der Waals surface area contributed by atoms with Crippen LogP contribution in [0, 0.1) is 16.2 Å². The van der Waals surface area contributed by atoms with Gasteiger partial charge in [-0.1, -0.05) is 0 Å². The van der Waals surface area contributed by atoms with Gasteiger partial charge in [-0.05, 0) is 0 Å². The van der Waals surface area contributed by atoms with Crippen LogP contribution in [0.5, 0.6) is 0 Å². The Labute approximate surface area is 150 Å². The minimum atomic E-state index is -0.697. The first kappa shape index (κ1) is 18.5. The summed E-state index contributed by atoms with van der Waals surface area (Å²) >= 11 is 0.0580. The van der Waals surface area contributed by atoms with Gasteiger partial charge in [0.2, 0.25) is 0 Å². The van der Waals surface area contributed by atoms with Crippen molar-refractivity contribution < 1.29 is 9.53 Å². The van der Waals surface area contributed by atoms with Gasteiger partial charge >= 0.3 is 151 Å². The summed E-state index contributed by atoms with van der Waals surface area (Å²) in [5.41, 5.74) is -0.000464. The second-order valence-electron chi connectivity index (χ2n) is 5.91. The Kier molecular flexibility index (Phi) is 6.82. The molecule has 0 saturated carbocycles. The van der Waals surface area contributed by atoms with E-state index in [2.05, 4.69) is 22.9 Å². The van der Waals surface area contributed by atoms with Crippen molar-refractivity contribution in [3.8, 4) is 10.7 Å². The average Bonchev–Trinajstić information content (AvgIpc) is 2.62. The first-order valence-corrected chi connectivity index (χ1v) is 9.71. The van der Waals surface area contributed by atoms with Gasteiger partial charge in [0.1, 0.15) is 0 Å². The third kappa shape index (κ3) is 4.82. The molecule has 0 heterocycles. The normalized spacial score (nSPS) is 12.1. The molecular formula is C21H22O2Se. The maximum absolute atomic E-state index is 12.9. The molecule has 0 aliphatic rings. The van der Waals surface area contributed by atoms with Crippen LogP contribution in [0.15, 0.2) is 60.7 Å². The fourth-order valence-corrected chi connectivity index (χ4v) is 3.52. The maximum atomic E-state index is 12.9. The van der Waals surface area contributed by atoms with E-state index in [0.717, 1.165) is 0 Å². The molecule has 1 unspecified atom stereocenters. The van der Waals surface area contributed by atoms with Gasteiger partial charge in [-0.15, -0.1) is 0 Å². The Balaban J connectivity index is 2.18. The van der Waals surface area contributed by atoms with Gasteiger partial charge in [0.15, 0.2) is 0 Å². The fraction of sp³-hybridized carbons (Fsp3) is 0.286. The van der Waals surface area contributed by atoms with Crippen molar-refractivity contribution in [2.24, 2.45) is 5.41 Å². The molecule has 0 amide bonds. The monoisotopic (exact) mass is 386 g/mol. The van der Waals surface area contributed by atoms with Crippen molar-refractivity contribution in [1.82, 2.24) is 0 Å². The third-order valence-electron chi connectivity index (χ3n) is 3.71. The second kappa shape index (κ2) is 8.85. The van der Waals surface area contributed by atoms with Crippen LogP contribution in [-0.2, 0) is 4.74 Å². The number of hydrogen-bond donors (Lipinski definition) is 0. The van der Waals surface area contributed by atoms with Crippen LogP contribution < -0.4 is 4.46 Å². The summed E-state index contributed by atoms with van der Waals surface area (Å²) in [5, 5.41) is 0. The number of carbonyl (C=O) groups is 1. The number of ether oxygens (including phenoxy) is 1. The number of rotatable bonds is 6. The molecule has 3 heteroatoms. The molecule has 0 fully saturated rings. The SMILES string of the molecule is CCOC(C#C[Se]c1ccccc1)C(C)(C)C(=O)c1ccccc1. The Bertz CT molecular complexity index is 712. The van der Waals surface area contributed by atoms with Crippen LogP contribution in [0.25, 0.3) is 0 Å². The Hall–Kier alpha value is -1.85. The number of carbonyl (C=O) groups excluding carboxylic acids is 1. The van der Waals surface area contributed by atoms with Gasteiger partial charge in [-0.25, -0.2) is 0 Å². The van der Waals surface area contributed by atoms with Gasteiger partial charge in [-0.2, -0.15) is 0 Å². The quantitative estimate of drug-likeness (QED) is 0.433. The van der Waals surface area contributed by atoms with E-state index in [9.17, 15) is 4.79 Å². The van der Waals surface area contributed by atoms with E-state index < -0.39 is 11.5 Å². The van der Waals surface area contributed by atoms with Gasteiger partial charge in [-0.3, -0.25) is 0 Å². The zero-order valence-electron chi connectivity index (χ0n) is 14.3. The number of Topliss-reactive ketones (excluding diaryl/α,β-unsaturated/α-hetero) is 1. The van der Waals surface area contributed by atoms with Crippen molar-refractivity contribution in [3.05, 3.63) is 66.2 Å². The van der Waals surface area contributed by atoms with Crippen molar-refractivity contribution in [1.29, 1.82) is 0 Å². The second-order valence-corrected chi connectivity index (χ2v) is 7.76. The van der Waals surface area contributed by atoms with Crippen LogP contribution in [0.4, 0.5) is 0 Å². The number of ketones is 1. The van der Waals surface area contributed by atoms with Crippen molar-refractivity contribution >= 4 is 25.2 Å². The molecule has 2 aromatic rings. The van der Waals surface area contributed by atoms with Crippen LogP contribution in [-0.4, -0.2) is 33.5 Å². The molecule has 0 bridgehead atoms. The standard InChI is InChI=1S/C21H22O2Se/c1-4-23-19(15-16-24-18-13-9-6-10-14-18)21(2,3)20(22)17-11-7-5-8-12-17/h5-14,19H,4H2,1-3H3. The van der Waals surface area contributed by atoms with Crippen molar-refractivity contribution in [2.75, 3.05) is 6.61 Å². The zero-order valence-corrected chi connectivity index (χ0v) is 16.0. The molecule has 0 N–H and O–H groups in total. The summed E-state index contributed by atoms with van der Waals surface area (Å²) in [6.07, 6.45) is -0.416. The minimum absolute atomic E-state index is 0.0580. The predicted molar refractivity (Wildman–Crippen MR) is 99.6 cm³/mol. The molecule has 2 aromatic carbocycles. The number of hydrogen-bond acceptors (Lipinski definition) is 2. The Morgan fingerprint density at radius 1 is 1.08 bits per heavy atom. The van der Waals surface area contributed by atoms with E-state index in [4.69, 9.17) is 4.74 Å². The Morgan fingerprint density at radius 3 is 2.25 bits per heavy atom. The van der Waals surface area contributed by atoms with Gasteiger partial charge in [0.05, 0.1) is 0 Å².